The zero-order valence-corrected chi connectivity index (χ0v) is 15.5. The van der Waals surface area contributed by atoms with Gasteiger partial charge in [-0.2, -0.15) is 0 Å². The van der Waals surface area contributed by atoms with E-state index >= 15 is 0 Å². The number of rotatable bonds is 8. The van der Waals surface area contributed by atoms with E-state index in [0.717, 1.165) is 12.0 Å². The summed E-state index contributed by atoms with van der Waals surface area (Å²) in [5.41, 5.74) is 2.95. The number of hydrogen-bond donors (Lipinski definition) is 1. The maximum Gasteiger partial charge on any atom is 0.310 e. The number of esters is 1. The van der Waals surface area contributed by atoms with Gasteiger partial charge in [-0.3, -0.25) is 9.59 Å². The average molecular weight is 355 g/mol. The van der Waals surface area contributed by atoms with Crippen molar-refractivity contribution in [3.63, 3.8) is 0 Å². The van der Waals surface area contributed by atoms with E-state index in [1.54, 1.807) is 6.92 Å². The Morgan fingerprint density at radius 3 is 2.50 bits per heavy atom. The lowest BCUT2D eigenvalue weighted by molar-refractivity contribution is -0.153. The number of benzene rings is 2. The molecule has 0 bridgehead atoms. The molecule has 0 aliphatic rings. The van der Waals surface area contributed by atoms with Gasteiger partial charge in [0, 0.05) is 5.69 Å². The van der Waals surface area contributed by atoms with Crippen LogP contribution >= 0.6 is 0 Å². The van der Waals surface area contributed by atoms with Crippen molar-refractivity contribution >= 4 is 17.6 Å². The van der Waals surface area contributed by atoms with Gasteiger partial charge in [0.05, 0.1) is 13.0 Å². The van der Waals surface area contributed by atoms with Gasteiger partial charge in [0.25, 0.3) is 5.91 Å². The second-order valence-corrected chi connectivity index (χ2v) is 6.09. The van der Waals surface area contributed by atoms with Gasteiger partial charge in [-0.05, 0) is 55.7 Å². The van der Waals surface area contributed by atoms with Crippen molar-refractivity contribution in [2.24, 2.45) is 0 Å². The van der Waals surface area contributed by atoms with Gasteiger partial charge < -0.3 is 14.8 Å². The van der Waals surface area contributed by atoms with E-state index in [1.165, 1.54) is 5.56 Å². The quantitative estimate of drug-likeness (QED) is 0.730. The van der Waals surface area contributed by atoms with Gasteiger partial charge in [0.1, 0.15) is 5.75 Å². The molecule has 0 aliphatic carbocycles. The first-order valence-electron chi connectivity index (χ1n) is 8.76. The van der Waals surface area contributed by atoms with Crippen molar-refractivity contribution in [2.45, 2.75) is 39.7 Å². The number of carbonyl (C=O) groups is 2. The summed E-state index contributed by atoms with van der Waals surface area (Å²) in [5.74, 6) is -0.122. The third kappa shape index (κ3) is 6.24. The molecule has 0 unspecified atom stereocenters. The van der Waals surface area contributed by atoms with Crippen LogP contribution in [0.3, 0.4) is 0 Å². The van der Waals surface area contributed by atoms with E-state index in [2.05, 4.69) is 12.2 Å². The summed E-state index contributed by atoms with van der Waals surface area (Å²) in [6, 6.07) is 15.2. The Labute approximate surface area is 154 Å². The summed E-state index contributed by atoms with van der Waals surface area (Å²) in [6.07, 6.45) is 0.149. The lowest BCUT2D eigenvalue weighted by Crippen LogP contribution is -2.30. The molecule has 1 atom stereocenters. The predicted molar refractivity (Wildman–Crippen MR) is 101 cm³/mol. The molecule has 1 amide bonds. The van der Waals surface area contributed by atoms with Gasteiger partial charge in [-0.1, -0.05) is 31.2 Å². The van der Waals surface area contributed by atoms with Gasteiger partial charge >= 0.3 is 5.97 Å². The van der Waals surface area contributed by atoms with E-state index in [9.17, 15) is 9.59 Å². The average Bonchev–Trinajstić information content (AvgIpc) is 2.62. The second-order valence-electron chi connectivity index (χ2n) is 6.09. The zero-order valence-electron chi connectivity index (χ0n) is 15.5. The number of nitrogens with one attached hydrogen (secondary N) is 1. The molecule has 0 spiro atoms. The highest BCUT2D eigenvalue weighted by Crippen LogP contribution is 2.13. The summed E-state index contributed by atoms with van der Waals surface area (Å²) in [4.78, 5) is 24.0. The lowest BCUT2D eigenvalue weighted by Gasteiger charge is -2.14. The topological polar surface area (TPSA) is 64.6 Å². The van der Waals surface area contributed by atoms with Crippen LogP contribution in [0.25, 0.3) is 0 Å². The fourth-order valence-electron chi connectivity index (χ4n) is 2.33. The van der Waals surface area contributed by atoms with Gasteiger partial charge in [-0.15, -0.1) is 0 Å². The molecule has 5 nitrogen and oxygen atoms in total. The van der Waals surface area contributed by atoms with Crippen molar-refractivity contribution in [1.82, 2.24) is 0 Å². The summed E-state index contributed by atoms with van der Waals surface area (Å²) in [6.45, 7) is 5.79. The number of amides is 1. The summed E-state index contributed by atoms with van der Waals surface area (Å²) >= 11 is 0. The Hall–Kier alpha value is -2.82. The smallest absolute Gasteiger partial charge is 0.310 e. The second kappa shape index (κ2) is 9.61. The van der Waals surface area contributed by atoms with Crippen molar-refractivity contribution in [3.8, 4) is 5.75 Å². The van der Waals surface area contributed by atoms with Crippen LogP contribution in [0.5, 0.6) is 5.75 Å². The summed E-state index contributed by atoms with van der Waals surface area (Å²) in [7, 11) is 0. The van der Waals surface area contributed by atoms with Crippen LogP contribution in [-0.2, 0) is 20.7 Å². The zero-order chi connectivity index (χ0) is 18.9. The highest BCUT2D eigenvalue weighted by Gasteiger charge is 2.18. The molecule has 0 heterocycles. The van der Waals surface area contributed by atoms with Crippen LogP contribution in [0, 0.1) is 6.92 Å². The Morgan fingerprint density at radius 2 is 1.85 bits per heavy atom. The predicted octanol–water partition coefficient (Wildman–Crippen LogP) is 3.90. The third-order valence-electron chi connectivity index (χ3n) is 3.87. The van der Waals surface area contributed by atoms with Crippen LogP contribution in [0.2, 0.25) is 0 Å². The maximum absolute atomic E-state index is 12.1. The molecule has 0 aromatic heterocycles. The number of aryl methyl sites for hydroxylation is 2. The van der Waals surface area contributed by atoms with Gasteiger partial charge in [0.15, 0.2) is 6.10 Å². The molecule has 0 saturated carbocycles. The fraction of sp³-hybridized carbons (Fsp3) is 0.333. The largest absolute Gasteiger partial charge is 0.493 e. The number of carbonyl (C=O) groups excluding carboxylic acids is 2. The summed E-state index contributed by atoms with van der Waals surface area (Å²) in [5, 5.41) is 2.74. The van der Waals surface area contributed by atoms with Gasteiger partial charge in [-0.25, -0.2) is 0 Å². The van der Waals surface area contributed by atoms with E-state index in [1.807, 2.05) is 55.5 Å². The van der Waals surface area contributed by atoms with E-state index in [4.69, 9.17) is 9.47 Å². The molecule has 0 saturated heterocycles. The summed E-state index contributed by atoms with van der Waals surface area (Å²) < 4.78 is 10.7. The van der Waals surface area contributed by atoms with Crippen molar-refractivity contribution < 1.29 is 19.1 Å². The third-order valence-corrected chi connectivity index (χ3v) is 3.87. The molecule has 2 rings (SSSR count). The number of anilines is 1. The van der Waals surface area contributed by atoms with E-state index < -0.39 is 12.1 Å². The Kier molecular flexibility index (Phi) is 7.21. The Morgan fingerprint density at radius 1 is 1.12 bits per heavy atom. The Balaban J connectivity index is 1.73. The molecule has 2 aromatic rings. The highest BCUT2D eigenvalue weighted by atomic mass is 16.5. The molecule has 0 aliphatic heterocycles. The first-order chi connectivity index (χ1) is 12.5. The number of ether oxygens (including phenoxy) is 2. The highest BCUT2D eigenvalue weighted by molar-refractivity contribution is 5.95. The van der Waals surface area contributed by atoms with E-state index in [0.29, 0.717) is 11.4 Å². The minimum atomic E-state index is -0.868. The molecule has 0 radical (unpaired) electrons. The standard InChI is InChI=1S/C21H25NO4/c1-4-17-8-10-18(11-9-17)22-21(24)16(3)26-20(23)12-13-25-19-7-5-6-15(2)14-19/h5-11,14,16H,4,12-13H2,1-3H3,(H,22,24)/t16-/m0/s1. The Bertz CT molecular complexity index is 740. The SMILES string of the molecule is CCc1ccc(NC(=O)[C@H](C)OC(=O)CCOc2cccc(C)c2)cc1. The van der Waals surface area contributed by atoms with Gasteiger partial charge in [0.2, 0.25) is 0 Å². The van der Waals surface area contributed by atoms with Crippen LogP contribution in [0.4, 0.5) is 5.69 Å². The van der Waals surface area contributed by atoms with Crippen LogP contribution in [-0.4, -0.2) is 24.6 Å². The first-order valence-corrected chi connectivity index (χ1v) is 8.76. The van der Waals surface area contributed by atoms with Crippen LogP contribution in [0.1, 0.15) is 31.4 Å². The maximum atomic E-state index is 12.1. The minimum Gasteiger partial charge on any atom is -0.493 e. The molecule has 26 heavy (non-hydrogen) atoms. The monoisotopic (exact) mass is 355 g/mol. The van der Waals surface area contributed by atoms with Crippen molar-refractivity contribution in [2.75, 3.05) is 11.9 Å². The fourth-order valence-corrected chi connectivity index (χ4v) is 2.33. The molecule has 1 N–H and O–H groups in total. The molecule has 2 aromatic carbocycles. The molecule has 138 valence electrons. The van der Waals surface area contributed by atoms with Crippen molar-refractivity contribution in [1.29, 1.82) is 0 Å². The molecule has 0 fully saturated rings. The van der Waals surface area contributed by atoms with E-state index in [-0.39, 0.29) is 18.9 Å². The normalized spacial score (nSPS) is 11.5. The molecular formula is C21H25NO4. The molecular weight excluding hydrogens is 330 g/mol. The van der Waals surface area contributed by atoms with Crippen LogP contribution in [0.15, 0.2) is 48.5 Å². The van der Waals surface area contributed by atoms with Crippen LogP contribution < -0.4 is 10.1 Å². The molecule has 5 heteroatoms. The number of hydrogen-bond acceptors (Lipinski definition) is 4. The van der Waals surface area contributed by atoms with Crippen molar-refractivity contribution in [3.05, 3.63) is 59.7 Å². The first kappa shape index (κ1) is 19.5. The minimum absolute atomic E-state index is 0.0801. The lowest BCUT2D eigenvalue weighted by atomic mass is 10.1.